The first kappa shape index (κ1) is 44.7. The van der Waals surface area contributed by atoms with E-state index >= 15 is 0 Å². The minimum absolute atomic E-state index is 0.0209. The second-order valence-corrected chi connectivity index (χ2v) is 28.0. The zero-order valence-corrected chi connectivity index (χ0v) is 46.9. The maximum Gasteiger partial charge on any atom is 0.0729 e. The topological polar surface area (TPSA) is 30.2 Å². The lowest BCUT2D eigenvalue weighted by molar-refractivity contribution is 0.157. The average Bonchev–Trinajstić information content (AvgIpc) is 3.77. The quantitative estimate of drug-likeness (QED) is 0.152. The summed E-state index contributed by atoms with van der Waals surface area (Å²) in [5.74, 6) is 0.0417. The van der Waals surface area contributed by atoms with Gasteiger partial charge in [-0.1, -0.05) is 210 Å². The number of benzene rings is 7. The molecule has 3 heteroatoms. The zero-order valence-electron chi connectivity index (χ0n) is 46.9. The molecule has 4 bridgehead atoms. The van der Waals surface area contributed by atoms with Gasteiger partial charge in [0.1, 0.15) is 0 Å². The number of rotatable bonds is 0. The predicted octanol–water partition coefficient (Wildman–Crippen LogP) is 17.7. The maximum absolute atomic E-state index is 5.85. The maximum atomic E-state index is 5.85. The van der Waals surface area contributed by atoms with Crippen molar-refractivity contribution in [3.63, 3.8) is 0 Å². The summed E-state index contributed by atoms with van der Waals surface area (Å²) < 4.78 is 2.68. The number of nitrogens with zero attached hydrogens (tertiary/aromatic N) is 3. The summed E-state index contributed by atoms with van der Waals surface area (Å²) >= 11 is 0. The molecule has 0 amide bonds. The van der Waals surface area contributed by atoms with Gasteiger partial charge in [-0.15, -0.1) is 0 Å². The Kier molecular flexibility index (Phi) is 7.73. The minimum atomic E-state index is -0.437. The van der Waals surface area contributed by atoms with Gasteiger partial charge in [0.25, 0.3) is 0 Å². The van der Waals surface area contributed by atoms with Crippen LogP contribution < -0.4 is 0 Å². The van der Waals surface area contributed by atoms with Gasteiger partial charge in [0.05, 0.1) is 51.2 Å². The van der Waals surface area contributed by atoms with Crippen LogP contribution in [0.2, 0.25) is 0 Å². The Balaban J connectivity index is 1.16. The molecular formula is C74H65N3. The third kappa shape index (κ3) is 4.63. The summed E-state index contributed by atoms with van der Waals surface area (Å²) in [5, 5.41) is 5.48. The molecular weight excluding hydrogens is 931 g/mol. The van der Waals surface area contributed by atoms with Crippen LogP contribution >= 0.6 is 0 Å². The molecule has 0 saturated heterocycles. The first-order chi connectivity index (χ1) is 36.7. The molecule has 11 aromatic rings. The highest BCUT2D eigenvalue weighted by Gasteiger charge is 2.63. The Morgan fingerprint density at radius 3 is 1.12 bits per heavy atom. The number of pyridine rings is 2. The average molecular weight is 996 g/mol. The Labute approximate surface area is 452 Å². The van der Waals surface area contributed by atoms with Gasteiger partial charge in [-0.3, -0.25) is 9.97 Å². The molecule has 3 nitrogen and oxygen atoms in total. The Hall–Kier alpha value is -7.36. The van der Waals surface area contributed by atoms with Crippen LogP contribution in [0.25, 0.3) is 60.3 Å². The summed E-state index contributed by atoms with van der Waals surface area (Å²) in [4.78, 5) is 11.7. The molecule has 4 heterocycles. The third-order valence-electron chi connectivity index (χ3n) is 22.3. The van der Waals surface area contributed by atoms with Crippen molar-refractivity contribution >= 4 is 38.1 Å². The molecule has 0 radical (unpaired) electrons. The molecule has 8 aliphatic carbocycles. The SMILES string of the molecule is CC(C)(C)c1ccc2c(c1)C(C)(C)C1(C)c3c-2c2c4c5c(ncc4n4c6cnc7c(c6c(c3-c3ccc(C(C)(C)C)cc3C1(C)C)c24)C1c2ccccc2C7(C)c2ccccc21)C1(C)c2ccccc2C5c2ccccc21. The normalized spacial score (nSPS) is 24.0. The van der Waals surface area contributed by atoms with E-state index in [0.717, 1.165) is 0 Å². The van der Waals surface area contributed by atoms with Crippen LogP contribution in [0, 0.1) is 0 Å². The van der Waals surface area contributed by atoms with Crippen LogP contribution in [0.1, 0.15) is 197 Å². The molecule has 0 atom stereocenters. The zero-order chi connectivity index (χ0) is 52.8. The Bertz CT molecular complexity index is 4220. The van der Waals surface area contributed by atoms with Gasteiger partial charge >= 0.3 is 0 Å². The van der Waals surface area contributed by atoms with Crippen molar-refractivity contribution in [3.05, 3.63) is 241 Å². The van der Waals surface area contributed by atoms with Crippen LogP contribution in [-0.2, 0) is 37.9 Å². The molecule has 0 fully saturated rings. The van der Waals surface area contributed by atoms with Crippen molar-refractivity contribution in [2.45, 2.75) is 140 Å². The second kappa shape index (κ2) is 13.3. The van der Waals surface area contributed by atoms with E-state index in [9.17, 15) is 0 Å². The lowest BCUT2D eigenvalue weighted by atomic mass is 9.41. The van der Waals surface area contributed by atoms with E-state index in [1.54, 1.807) is 0 Å². The summed E-state index contributed by atoms with van der Waals surface area (Å²) in [6.45, 7) is 32.3. The fourth-order valence-corrected chi connectivity index (χ4v) is 18.1. The van der Waals surface area contributed by atoms with Gasteiger partial charge in [-0.2, -0.15) is 0 Å². The van der Waals surface area contributed by atoms with Crippen LogP contribution in [0.5, 0.6) is 0 Å². The van der Waals surface area contributed by atoms with E-state index < -0.39 is 16.2 Å². The Morgan fingerprint density at radius 2 is 0.766 bits per heavy atom. The number of hydrogen-bond acceptors (Lipinski definition) is 2. The van der Waals surface area contributed by atoms with E-state index in [4.69, 9.17) is 9.97 Å². The van der Waals surface area contributed by atoms with Crippen molar-refractivity contribution in [2.75, 3.05) is 0 Å². The molecule has 0 N–H and O–H groups in total. The highest BCUT2D eigenvalue weighted by Crippen LogP contribution is 2.72. The van der Waals surface area contributed by atoms with Crippen molar-refractivity contribution in [3.8, 4) is 22.3 Å². The van der Waals surface area contributed by atoms with Gasteiger partial charge in [0.15, 0.2) is 0 Å². The van der Waals surface area contributed by atoms with E-state index in [1.165, 1.54) is 155 Å². The van der Waals surface area contributed by atoms with E-state index in [1.807, 2.05) is 0 Å². The highest BCUT2D eigenvalue weighted by molar-refractivity contribution is 6.33. The summed E-state index contributed by atoms with van der Waals surface area (Å²) in [6, 6.07) is 52.5. The van der Waals surface area contributed by atoms with Gasteiger partial charge in [0.2, 0.25) is 0 Å². The molecule has 376 valence electrons. The largest absolute Gasteiger partial charge is 0.305 e. The van der Waals surface area contributed by atoms with Gasteiger partial charge in [-0.05, 0) is 130 Å². The number of fused-ring (bicyclic) bond motifs is 12. The lowest BCUT2D eigenvalue weighted by Gasteiger charge is -2.61. The molecule has 0 spiro atoms. The Morgan fingerprint density at radius 1 is 0.416 bits per heavy atom. The molecule has 0 unspecified atom stereocenters. The first-order valence-electron chi connectivity index (χ1n) is 28.5. The molecule has 19 rings (SSSR count). The van der Waals surface area contributed by atoms with Crippen LogP contribution in [0.15, 0.2) is 146 Å². The van der Waals surface area contributed by atoms with Gasteiger partial charge in [0, 0.05) is 49.6 Å². The van der Waals surface area contributed by atoms with Gasteiger partial charge in [-0.25, -0.2) is 0 Å². The minimum Gasteiger partial charge on any atom is -0.305 e. The summed E-state index contributed by atoms with van der Waals surface area (Å²) in [5.41, 5.74) is 30.8. The number of aromatic nitrogens is 3. The molecule has 7 aromatic carbocycles. The molecule has 0 aliphatic heterocycles. The van der Waals surface area contributed by atoms with Crippen LogP contribution in [0.4, 0.5) is 0 Å². The fraction of sp³-hybridized carbons (Fsp3) is 0.297. The molecule has 8 aliphatic rings. The molecule has 77 heavy (non-hydrogen) atoms. The van der Waals surface area contributed by atoms with Crippen molar-refractivity contribution < 1.29 is 0 Å². The lowest BCUT2D eigenvalue weighted by Crippen LogP contribution is -2.58. The van der Waals surface area contributed by atoms with E-state index in [0.29, 0.717) is 0 Å². The van der Waals surface area contributed by atoms with E-state index in [-0.39, 0.29) is 33.5 Å². The summed E-state index contributed by atoms with van der Waals surface area (Å²) in [6.07, 6.45) is 4.58. The fourth-order valence-electron chi connectivity index (χ4n) is 18.1. The van der Waals surface area contributed by atoms with Crippen molar-refractivity contribution in [1.29, 1.82) is 0 Å². The summed E-state index contributed by atoms with van der Waals surface area (Å²) in [7, 11) is 0. The van der Waals surface area contributed by atoms with Crippen LogP contribution in [0.3, 0.4) is 0 Å². The monoisotopic (exact) mass is 996 g/mol. The first-order valence-corrected chi connectivity index (χ1v) is 28.5. The second-order valence-electron chi connectivity index (χ2n) is 28.0. The number of hydrogen-bond donors (Lipinski definition) is 0. The van der Waals surface area contributed by atoms with Crippen molar-refractivity contribution in [1.82, 2.24) is 14.4 Å². The smallest absolute Gasteiger partial charge is 0.0729 e. The highest BCUT2D eigenvalue weighted by atomic mass is 15.0. The predicted molar refractivity (Wildman–Crippen MR) is 317 cm³/mol. The van der Waals surface area contributed by atoms with Gasteiger partial charge < -0.3 is 4.40 Å². The molecule has 4 aromatic heterocycles. The molecule has 0 saturated carbocycles. The van der Waals surface area contributed by atoms with Crippen LogP contribution in [-0.4, -0.2) is 14.4 Å². The van der Waals surface area contributed by atoms with E-state index in [2.05, 4.69) is 240 Å². The van der Waals surface area contributed by atoms with Crippen molar-refractivity contribution in [2.24, 2.45) is 0 Å². The third-order valence-corrected chi connectivity index (χ3v) is 22.3. The standard InChI is InChI=1S/C74H65N3/c1-68(2,3)38-30-32-44-50(34-38)70(7,8)74(13)64-56(44)60-58-52(36-75-66-62(58)54-40-22-14-18-26-46(40)72(66,11)47-27-19-15-23-41(47)54)77-53-37-76-67-63(55-42-24-16-20-28-48(42)73(67,12)49-29-21-17-25-43(49)55)59(53)61(65(60)77)57(64)45-33-31-39(69(4,5)6)35-51(45)71(74,9)10/h14-37,54-55H,1-13H3.